The van der Waals surface area contributed by atoms with Crippen molar-refractivity contribution in [1.82, 2.24) is 4.57 Å². The number of hydrogen-bond donors (Lipinski definition) is 1. The number of nitrogens with zero attached hydrogens (tertiary/aromatic N) is 1. The summed E-state index contributed by atoms with van der Waals surface area (Å²) >= 11 is 0. The molecule has 2 nitrogen and oxygen atoms in total. The monoisotopic (exact) mass is 178 g/mol. The highest BCUT2D eigenvalue weighted by Crippen LogP contribution is 2.20. The Balaban J connectivity index is 2.81. The summed E-state index contributed by atoms with van der Waals surface area (Å²) in [5.74, 6) is -0.214. The van der Waals surface area contributed by atoms with Crippen LogP contribution in [0.3, 0.4) is 0 Å². The Labute approximate surface area is 75.8 Å². The van der Waals surface area contributed by atoms with Crippen LogP contribution in [0.5, 0.6) is 0 Å². The van der Waals surface area contributed by atoms with Gasteiger partial charge in [0.05, 0.1) is 0 Å². The second-order valence-electron chi connectivity index (χ2n) is 3.13. The van der Waals surface area contributed by atoms with Gasteiger partial charge in [-0.05, 0) is 23.8 Å². The third-order valence-electron chi connectivity index (χ3n) is 2.25. The molecule has 1 heterocycles. The average Bonchev–Trinajstić information content (AvgIpc) is 2.42. The van der Waals surface area contributed by atoms with E-state index in [2.05, 4.69) is 0 Å². The highest BCUT2D eigenvalue weighted by Gasteiger charge is 2.05. The number of halogens is 1. The van der Waals surface area contributed by atoms with Gasteiger partial charge in [-0.3, -0.25) is 0 Å². The molecule has 2 aromatic rings. The molecular formula is C10H11FN2. The van der Waals surface area contributed by atoms with E-state index in [9.17, 15) is 4.39 Å². The molecular weight excluding hydrogens is 167 g/mol. The van der Waals surface area contributed by atoms with Crippen LogP contribution in [0.2, 0.25) is 0 Å². The van der Waals surface area contributed by atoms with E-state index in [0.717, 1.165) is 16.5 Å². The number of aromatic nitrogens is 1. The van der Waals surface area contributed by atoms with Crippen LogP contribution in [0, 0.1) is 5.82 Å². The van der Waals surface area contributed by atoms with Gasteiger partial charge in [-0.1, -0.05) is 0 Å². The summed E-state index contributed by atoms with van der Waals surface area (Å²) in [7, 11) is 1.93. The Morgan fingerprint density at radius 3 is 2.92 bits per heavy atom. The largest absolute Gasteiger partial charge is 0.350 e. The molecule has 0 aliphatic rings. The van der Waals surface area contributed by atoms with Gasteiger partial charge in [0.25, 0.3) is 0 Å². The number of rotatable bonds is 1. The fourth-order valence-electron chi connectivity index (χ4n) is 1.61. The highest BCUT2D eigenvalue weighted by atomic mass is 19.1. The number of nitrogens with two attached hydrogens (primary N) is 1. The third-order valence-corrected chi connectivity index (χ3v) is 2.25. The van der Waals surface area contributed by atoms with E-state index in [4.69, 9.17) is 5.73 Å². The molecule has 2 N–H and O–H groups in total. The number of aryl methyl sites for hydroxylation is 1. The first kappa shape index (κ1) is 8.26. The average molecular weight is 178 g/mol. The molecule has 0 aliphatic carbocycles. The van der Waals surface area contributed by atoms with Crippen molar-refractivity contribution in [1.29, 1.82) is 0 Å². The maximum absolute atomic E-state index is 12.9. The summed E-state index contributed by atoms with van der Waals surface area (Å²) in [6.45, 7) is 0.445. The lowest BCUT2D eigenvalue weighted by Crippen LogP contribution is -1.94. The van der Waals surface area contributed by atoms with Crippen LogP contribution in [-0.2, 0) is 13.6 Å². The zero-order valence-corrected chi connectivity index (χ0v) is 7.42. The van der Waals surface area contributed by atoms with Gasteiger partial charge in [-0.2, -0.15) is 0 Å². The molecule has 68 valence electrons. The lowest BCUT2D eigenvalue weighted by Gasteiger charge is -1.95. The van der Waals surface area contributed by atoms with Gasteiger partial charge < -0.3 is 10.3 Å². The summed E-state index contributed by atoms with van der Waals surface area (Å²) in [4.78, 5) is 0. The van der Waals surface area contributed by atoms with E-state index >= 15 is 0 Å². The number of benzene rings is 1. The van der Waals surface area contributed by atoms with Gasteiger partial charge in [-0.25, -0.2) is 4.39 Å². The van der Waals surface area contributed by atoms with Crippen LogP contribution in [0.4, 0.5) is 4.39 Å². The molecule has 0 saturated heterocycles. The molecule has 0 atom stereocenters. The molecule has 2 rings (SSSR count). The van der Waals surface area contributed by atoms with Crippen LogP contribution in [-0.4, -0.2) is 4.57 Å². The van der Waals surface area contributed by atoms with Crippen molar-refractivity contribution in [2.45, 2.75) is 6.54 Å². The van der Waals surface area contributed by atoms with E-state index in [1.807, 2.05) is 17.8 Å². The molecule has 0 saturated carbocycles. The topological polar surface area (TPSA) is 30.9 Å². The van der Waals surface area contributed by atoms with E-state index in [1.165, 1.54) is 12.1 Å². The standard InChI is InChI=1S/C10H11FN2/c1-13-6-7(5-12)9-4-8(11)2-3-10(9)13/h2-4,6H,5,12H2,1H3. The highest BCUT2D eigenvalue weighted by molar-refractivity contribution is 5.83. The second-order valence-corrected chi connectivity index (χ2v) is 3.13. The zero-order chi connectivity index (χ0) is 9.42. The van der Waals surface area contributed by atoms with E-state index in [1.54, 1.807) is 6.07 Å². The molecule has 3 heteroatoms. The predicted molar refractivity (Wildman–Crippen MR) is 50.8 cm³/mol. The molecule has 0 spiro atoms. The summed E-state index contributed by atoms with van der Waals surface area (Å²) in [5, 5.41) is 0.907. The molecule has 0 aliphatic heterocycles. The predicted octanol–water partition coefficient (Wildman–Crippen LogP) is 1.78. The first-order chi connectivity index (χ1) is 6.22. The SMILES string of the molecule is Cn1cc(CN)c2cc(F)ccc21. The summed E-state index contributed by atoms with van der Waals surface area (Å²) in [6.07, 6.45) is 1.93. The fourth-order valence-corrected chi connectivity index (χ4v) is 1.61. The molecule has 0 unspecified atom stereocenters. The molecule has 0 amide bonds. The first-order valence-electron chi connectivity index (χ1n) is 4.16. The van der Waals surface area contributed by atoms with Crippen LogP contribution in [0.1, 0.15) is 5.56 Å². The second kappa shape index (κ2) is 2.85. The minimum Gasteiger partial charge on any atom is -0.350 e. The summed E-state index contributed by atoms with van der Waals surface area (Å²) < 4.78 is 14.9. The van der Waals surface area contributed by atoms with Crippen LogP contribution >= 0.6 is 0 Å². The normalized spacial score (nSPS) is 11.0. The van der Waals surface area contributed by atoms with Gasteiger partial charge >= 0.3 is 0 Å². The minimum absolute atomic E-state index is 0.214. The minimum atomic E-state index is -0.214. The van der Waals surface area contributed by atoms with Gasteiger partial charge in [0, 0.05) is 30.7 Å². The van der Waals surface area contributed by atoms with Gasteiger partial charge in [-0.15, -0.1) is 0 Å². The number of hydrogen-bond acceptors (Lipinski definition) is 1. The molecule has 1 aromatic carbocycles. The Bertz CT molecular complexity index is 445. The van der Waals surface area contributed by atoms with Crippen molar-refractivity contribution in [3.63, 3.8) is 0 Å². The van der Waals surface area contributed by atoms with E-state index in [0.29, 0.717) is 6.54 Å². The van der Waals surface area contributed by atoms with Crippen molar-refractivity contribution in [2.75, 3.05) is 0 Å². The molecule has 0 radical (unpaired) electrons. The lowest BCUT2D eigenvalue weighted by atomic mass is 10.2. The number of fused-ring (bicyclic) bond motifs is 1. The van der Waals surface area contributed by atoms with Crippen molar-refractivity contribution in [3.05, 3.63) is 35.8 Å². The Hall–Kier alpha value is -1.35. The van der Waals surface area contributed by atoms with Gasteiger partial charge in [0.1, 0.15) is 5.82 Å². The maximum Gasteiger partial charge on any atom is 0.123 e. The van der Waals surface area contributed by atoms with E-state index < -0.39 is 0 Å². The Morgan fingerprint density at radius 1 is 1.46 bits per heavy atom. The Morgan fingerprint density at radius 2 is 2.23 bits per heavy atom. The fraction of sp³-hybridized carbons (Fsp3) is 0.200. The van der Waals surface area contributed by atoms with Crippen molar-refractivity contribution in [2.24, 2.45) is 12.8 Å². The van der Waals surface area contributed by atoms with Gasteiger partial charge in [0.15, 0.2) is 0 Å². The van der Waals surface area contributed by atoms with Crippen LogP contribution < -0.4 is 5.73 Å². The summed E-state index contributed by atoms with van der Waals surface area (Å²) in [5.41, 5.74) is 7.54. The van der Waals surface area contributed by atoms with Crippen molar-refractivity contribution < 1.29 is 4.39 Å². The van der Waals surface area contributed by atoms with Crippen molar-refractivity contribution >= 4 is 10.9 Å². The molecule has 0 bridgehead atoms. The smallest absolute Gasteiger partial charge is 0.123 e. The van der Waals surface area contributed by atoms with E-state index in [-0.39, 0.29) is 5.82 Å². The van der Waals surface area contributed by atoms with Crippen molar-refractivity contribution in [3.8, 4) is 0 Å². The summed E-state index contributed by atoms with van der Waals surface area (Å²) in [6, 6.07) is 4.75. The van der Waals surface area contributed by atoms with Crippen LogP contribution in [0.25, 0.3) is 10.9 Å². The maximum atomic E-state index is 12.9. The Kier molecular flexibility index (Phi) is 1.81. The zero-order valence-electron chi connectivity index (χ0n) is 7.42. The molecule has 1 aromatic heterocycles. The van der Waals surface area contributed by atoms with Crippen LogP contribution in [0.15, 0.2) is 24.4 Å². The first-order valence-corrected chi connectivity index (χ1v) is 4.16. The lowest BCUT2D eigenvalue weighted by molar-refractivity contribution is 0.629. The molecule has 13 heavy (non-hydrogen) atoms. The quantitative estimate of drug-likeness (QED) is 0.709. The third kappa shape index (κ3) is 1.21. The van der Waals surface area contributed by atoms with Gasteiger partial charge in [0.2, 0.25) is 0 Å². The molecule has 0 fully saturated rings.